The second-order valence-corrected chi connectivity index (χ2v) is 4.80. The Morgan fingerprint density at radius 2 is 1.89 bits per heavy atom. The van der Waals surface area contributed by atoms with Crippen molar-refractivity contribution in [2.24, 2.45) is 5.92 Å². The lowest BCUT2D eigenvalue weighted by Gasteiger charge is -2.26. The molecular weight excluding hydrogens is 224 g/mol. The smallest absolute Gasteiger partial charge is 0.161 e. The summed E-state index contributed by atoms with van der Waals surface area (Å²) in [5.41, 5.74) is 1.23. The van der Waals surface area contributed by atoms with Crippen molar-refractivity contribution in [3.63, 3.8) is 0 Å². The van der Waals surface area contributed by atoms with Crippen molar-refractivity contribution < 1.29 is 9.47 Å². The molecule has 2 unspecified atom stereocenters. The third-order valence-corrected chi connectivity index (χ3v) is 2.98. The van der Waals surface area contributed by atoms with E-state index in [0.29, 0.717) is 5.92 Å². The average Bonchev–Trinajstić information content (AvgIpc) is 2.38. The van der Waals surface area contributed by atoms with Crippen LogP contribution in [0.4, 0.5) is 0 Å². The molecule has 0 saturated heterocycles. The standard InChI is InChI=1S/C16H24O2/c1-5-9-15(13(2)3)18-16(17-4)12-14-10-7-6-8-11-14/h5-8,10-11,13,15-16H,1,9,12H2,2-4H3. The van der Waals surface area contributed by atoms with Gasteiger partial charge >= 0.3 is 0 Å². The first-order valence-corrected chi connectivity index (χ1v) is 6.50. The quantitative estimate of drug-likeness (QED) is 0.514. The Balaban J connectivity index is 2.57. The van der Waals surface area contributed by atoms with Gasteiger partial charge in [0, 0.05) is 13.5 Å². The van der Waals surface area contributed by atoms with Crippen molar-refractivity contribution in [1.82, 2.24) is 0 Å². The molecular formula is C16H24O2. The van der Waals surface area contributed by atoms with Gasteiger partial charge in [-0.15, -0.1) is 6.58 Å². The number of hydrogen-bond donors (Lipinski definition) is 0. The zero-order chi connectivity index (χ0) is 13.4. The predicted octanol–water partition coefficient (Wildman–Crippen LogP) is 3.82. The fourth-order valence-electron chi connectivity index (χ4n) is 1.84. The molecule has 0 aliphatic rings. The third kappa shape index (κ3) is 5.03. The maximum Gasteiger partial charge on any atom is 0.161 e. The normalized spacial score (nSPS) is 14.4. The Labute approximate surface area is 111 Å². The van der Waals surface area contributed by atoms with Crippen LogP contribution in [0.2, 0.25) is 0 Å². The summed E-state index contributed by atoms with van der Waals surface area (Å²) in [7, 11) is 1.69. The van der Waals surface area contributed by atoms with Crippen LogP contribution in [-0.2, 0) is 15.9 Å². The van der Waals surface area contributed by atoms with Crippen molar-refractivity contribution >= 4 is 0 Å². The van der Waals surface area contributed by atoms with Gasteiger partial charge in [0.2, 0.25) is 0 Å². The van der Waals surface area contributed by atoms with Crippen molar-refractivity contribution in [1.29, 1.82) is 0 Å². The van der Waals surface area contributed by atoms with Crippen molar-refractivity contribution in [2.75, 3.05) is 7.11 Å². The minimum absolute atomic E-state index is 0.163. The number of benzene rings is 1. The van der Waals surface area contributed by atoms with Crippen LogP contribution < -0.4 is 0 Å². The molecule has 100 valence electrons. The van der Waals surface area contributed by atoms with Crippen LogP contribution in [0.1, 0.15) is 25.8 Å². The van der Waals surface area contributed by atoms with E-state index in [1.807, 2.05) is 24.3 Å². The zero-order valence-corrected chi connectivity index (χ0v) is 11.6. The van der Waals surface area contributed by atoms with Gasteiger partial charge in [0.15, 0.2) is 6.29 Å². The first-order valence-electron chi connectivity index (χ1n) is 6.50. The maximum atomic E-state index is 6.01. The Kier molecular flexibility index (Phi) is 6.69. The van der Waals surface area contributed by atoms with Crippen LogP contribution in [0.5, 0.6) is 0 Å². The van der Waals surface area contributed by atoms with E-state index in [1.165, 1.54) is 5.56 Å². The topological polar surface area (TPSA) is 18.5 Å². The van der Waals surface area contributed by atoms with E-state index in [2.05, 4.69) is 32.6 Å². The van der Waals surface area contributed by atoms with Gasteiger partial charge in [-0.05, 0) is 17.9 Å². The highest BCUT2D eigenvalue weighted by Gasteiger charge is 2.18. The van der Waals surface area contributed by atoms with Gasteiger partial charge in [0.1, 0.15) is 0 Å². The molecule has 0 amide bonds. The Bertz CT molecular complexity index is 332. The summed E-state index contributed by atoms with van der Waals surface area (Å²) in [6, 6.07) is 10.3. The fraction of sp³-hybridized carbons (Fsp3) is 0.500. The molecule has 18 heavy (non-hydrogen) atoms. The monoisotopic (exact) mass is 248 g/mol. The van der Waals surface area contributed by atoms with Crippen molar-refractivity contribution in [3.8, 4) is 0 Å². The third-order valence-electron chi connectivity index (χ3n) is 2.98. The summed E-state index contributed by atoms with van der Waals surface area (Å²) in [5.74, 6) is 0.455. The SMILES string of the molecule is C=CCC(OC(Cc1ccccc1)OC)C(C)C. The summed E-state index contributed by atoms with van der Waals surface area (Å²) in [5, 5.41) is 0. The summed E-state index contributed by atoms with van der Waals surface area (Å²) >= 11 is 0. The van der Waals surface area contributed by atoms with Gasteiger partial charge in [0.05, 0.1) is 6.10 Å². The molecule has 0 N–H and O–H groups in total. The van der Waals surface area contributed by atoms with E-state index < -0.39 is 0 Å². The van der Waals surface area contributed by atoms with Gasteiger partial charge in [-0.2, -0.15) is 0 Å². The van der Waals surface area contributed by atoms with Gasteiger partial charge in [-0.1, -0.05) is 50.3 Å². The summed E-state index contributed by atoms with van der Waals surface area (Å²) < 4.78 is 11.4. The van der Waals surface area contributed by atoms with Gasteiger partial charge in [-0.3, -0.25) is 0 Å². The minimum atomic E-state index is -0.195. The van der Waals surface area contributed by atoms with E-state index in [1.54, 1.807) is 7.11 Å². The molecule has 1 aromatic rings. The molecule has 2 atom stereocenters. The lowest BCUT2D eigenvalue weighted by Crippen LogP contribution is -2.29. The highest BCUT2D eigenvalue weighted by Crippen LogP contribution is 2.16. The van der Waals surface area contributed by atoms with Crippen LogP contribution in [-0.4, -0.2) is 19.5 Å². The molecule has 0 heterocycles. The molecule has 0 aromatic heterocycles. The second kappa shape index (κ2) is 8.06. The first-order chi connectivity index (χ1) is 8.67. The highest BCUT2D eigenvalue weighted by atomic mass is 16.7. The Morgan fingerprint density at radius 1 is 1.22 bits per heavy atom. The summed E-state index contributed by atoms with van der Waals surface area (Å²) in [6.45, 7) is 8.09. The summed E-state index contributed by atoms with van der Waals surface area (Å²) in [6.07, 6.45) is 3.50. The zero-order valence-electron chi connectivity index (χ0n) is 11.6. The summed E-state index contributed by atoms with van der Waals surface area (Å²) in [4.78, 5) is 0. The van der Waals surface area contributed by atoms with E-state index in [0.717, 1.165) is 12.8 Å². The van der Waals surface area contributed by atoms with Crippen LogP contribution in [0.15, 0.2) is 43.0 Å². The predicted molar refractivity (Wildman–Crippen MR) is 75.5 cm³/mol. The van der Waals surface area contributed by atoms with Crippen molar-refractivity contribution in [2.45, 2.75) is 39.1 Å². The van der Waals surface area contributed by atoms with Crippen molar-refractivity contribution in [3.05, 3.63) is 48.6 Å². The molecule has 1 rings (SSSR count). The van der Waals surface area contributed by atoms with Crippen LogP contribution >= 0.6 is 0 Å². The molecule has 0 fully saturated rings. The largest absolute Gasteiger partial charge is 0.356 e. The lowest BCUT2D eigenvalue weighted by molar-refractivity contribution is -0.163. The Hall–Kier alpha value is -1.12. The average molecular weight is 248 g/mol. The highest BCUT2D eigenvalue weighted by molar-refractivity contribution is 5.15. The van der Waals surface area contributed by atoms with Gasteiger partial charge in [0.25, 0.3) is 0 Å². The van der Waals surface area contributed by atoms with Gasteiger partial charge < -0.3 is 9.47 Å². The molecule has 0 saturated carbocycles. The minimum Gasteiger partial charge on any atom is -0.356 e. The molecule has 0 spiro atoms. The van der Waals surface area contributed by atoms with Crippen LogP contribution in [0.3, 0.4) is 0 Å². The number of hydrogen-bond acceptors (Lipinski definition) is 2. The molecule has 2 heteroatoms. The van der Waals surface area contributed by atoms with Crippen LogP contribution in [0.25, 0.3) is 0 Å². The Morgan fingerprint density at radius 3 is 2.39 bits per heavy atom. The van der Waals surface area contributed by atoms with Crippen LogP contribution in [0, 0.1) is 5.92 Å². The molecule has 0 radical (unpaired) electrons. The van der Waals surface area contributed by atoms with E-state index in [9.17, 15) is 0 Å². The first kappa shape index (κ1) is 14.9. The lowest BCUT2D eigenvalue weighted by atomic mass is 10.0. The number of ether oxygens (including phenoxy) is 2. The molecule has 0 aliphatic carbocycles. The second-order valence-electron chi connectivity index (χ2n) is 4.80. The molecule has 1 aromatic carbocycles. The maximum absolute atomic E-state index is 6.01. The molecule has 0 bridgehead atoms. The number of rotatable bonds is 8. The molecule has 2 nitrogen and oxygen atoms in total. The van der Waals surface area contributed by atoms with Gasteiger partial charge in [-0.25, -0.2) is 0 Å². The number of methoxy groups -OCH3 is 1. The van der Waals surface area contributed by atoms with E-state index in [-0.39, 0.29) is 12.4 Å². The fourth-order valence-corrected chi connectivity index (χ4v) is 1.84. The van der Waals surface area contributed by atoms with E-state index in [4.69, 9.17) is 9.47 Å². The van der Waals surface area contributed by atoms with E-state index >= 15 is 0 Å². The molecule has 0 aliphatic heterocycles.